The van der Waals surface area contributed by atoms with Gasteiger partial charge in [0.2, 0.25) is 15.8 Å². The molecule has 0 saturated carbocycles. The van der Waals surface area contributed by atoms with Gasteiger partial charge in [0.15, 0.2) is 0 Å². The summed E-state index contributed by atoms with van der Waals surface area (Å²) in [5.41, 5.74) is -0.908. The maximum Gasteiger partial charge on any atom is 0.306 e. The van der Waals surface area contributed by atoms with Gasteiger partial charge in [0.05, 0.1) is 22.0 Å². The molecule has 0 aliphatic carbocycles. The lowest BCUT2D eigenvalue weighted by molar-refractivity contribution is -0.387. The number of hydrogen-bond donors (Lipinski definition) is 2. The summed E-state index contributed by atoms with van der Waals surface area (Å²) < 4.78 is 39.0. The summed E-state index contributed by atoms with van der Waals surface area (Å²) in [5.74, 6) is -1.11. The third-order valence-corrected chi connectivity index (χ3v) is 5.29. The van der Waals surface area contributed by atoms with Crippen molar-refractivity contribution in [2.45, 2.75) is 17.0 Å². The molecule has 8 nitrogen and oxygen atoms in total. The zero-order chi connectivity index (χ0) is 15.8. The van der Waals surface area contributed by atoms with Crippen molar-refractivity contribution in [3.8, 4) is 0 Å². The number of aliphatic hydroxyl groups is 1. The average Bonchev–Trinajstić information content (AvgIpc) is 2.83. The molecule has 116 valence electrons. The first kappa shape index (κ1) is 15.8. The fraction of sp³-hybridized carbons (Fsp3) is 0.455. The van der Waals surface area contributed by atoms with Gasteiger partial charge in [-0.05, 0) is 12.1 Å². The van der Waals surface area contributed by atoms with E-state index in [0.29, 0.717) is 6.07 Å². The quantitative estimate of drug-likeness (QED) is 0.581. The van der Waals surface area contributed by atoms with Crippen LogP contribution in [0.1, 0.15) is 0 Å². The van der Waals surface area contributed by atoms with Gasteiger partial charge in [-0.2, -0.15) is 8.70 Å². The normalized spacial score (nSPS) is 22.7. The van der Waals surface area contributed by atoms with Gasteiger partial charge in [-0.1, -0.05) is 0 Å². The predicted octanol–water partition coefficient (Wildman–Crippen LogP) is -0.313. The number of likely N-dealkylation sites (N-methyl/N-ethyl adjacent to an activating group) is 1. The van der Waals surface area contributed by atoms with Crippen LogP contribution in [0.15, 0.2) is 23.1 Å². The molecular formula is C11H14FN3O5S. The third-order valence-electron chi connectivity index (χ3n) is 3.41. The van der Waals surface area contributed by atoms with E-state index < -0.39 is 43.5 Å². The van der Waals surface area contributed by atoms with Crippen molar-refractivity contribution in [1.82, 2.24) is 9.62 Å². The first-order chi connectivity index (χ1) is 9.75. The highest BCUT2D eigenvalue weighted by molar-refractivity contribution is 7.89. The van der Waals surface area contributed by atoms with Crippen LogP contribution in [-0.4, -0.2) is 55.0 Å². The first-order valence-corrected chi connectivity index (χ1v) is 7.50. The van der Waals surface area contributed by atoms with Crippen LogP contribution in [0.3, 0.4) is 0 Å². The Balaban J connectivity index is 2.39. The van der Waals surface area contributed by atoms with E-state index in [-0.39, 0.29) is 13.1 Å². The van der Waals surface area contributed by atoms with Crippen molar-refractivity contribution in [1.29, 1.82) is 0 Å². The second-order valence-electron chi connectivity index (χ2n) is 4.68. The second-order valence-corrected chi connectivity index (χ2v) is 6.68. The Morgan fingerprint density at radius 3 is 2.67 bits per heavy atom. The highest BCUT2D eigenvalue weighted by Gasteiger charge is 2.36. The summed E-state index contributed by atoms with van der Waals surface area (Å²) in [6, 6.07) is 1.69. The molecule has 1 heterocycles. The van der Waals surface area contributed by atoms with Gasteiger partial charge in [-0.25, -0.2) is 8.42 Å². The van der Waals surface area contributed by atoms with E-state index in [2.05, 4.69) is 5.32 Å². The lowest BCUT2D eigenvalue weighted by Crippen LogP contribution is -2.44. The lowest BCUT2D eigenvalue weighted by atomic mass is 10.2. The molecule has 0 radical (unpaired) electrons. The molecule has 0 bridgehead atoms. The zero-order valence-corrected chi connectivity index (χ0v) is 11.9. The summed E-state index contributed by atoms with van der Waals surface area (Å²) in [7, 11) is -2.80. The number of benzene rings is 1. The van der Waals surface area contributed by atoms with Gasteiger partial charge >= 0.3 is 5.69 Å². The molecule has 1 aromatic rings. The number of rotatable bonds is 4. The van der Waals surface area contributed by atoms with Crippen molar-refractivity contribution in [2.24, 2.45) is 0 Å². The Labute approximate surface area is 120 Å². The SMILES string of the molecule is CN([C@H]1CNC[C@@H]1O)S(=O)(=O)c1ccc(F)c([N+](=O)[O-])c1. The minimum Gasteiger partial charge on any atom is -0.390 e. The highest BCUT2D eigenvalue weighted by Crippen LogP contribution is 2.25. The Bertz CT molecular complexity index is 666. The molecule has 2 rings (SSSR count). The van der Waals surface area contributed by atoms with Gasteiger partial charge in [-0.3, -0.25) is 10.1 Å². The molecule has 21 heavy (non-hydrogen) atoms. The second kappa shape index (κ2) is 5.64. The zero-order valence-electron chi connectivity index (χ0n) is 11.1. The number of nitrogens with zero attached hydrogens (tertiary/aromatic N) is 2. The summed E-state index contributed by atoms with van der Waals surface area (Å²) in [4.78, 5) is 9.31. The van der Waals surface area contributed by atoms with E-state index in [0.717, 1.165) is 16.4 Å². The number of nitrogens with one attached hydrogen (secondary N) is 1. The van der Waals surface area contributed by atoms with E-state index in [9.17, 15) is 28.0 Å². The topological polar surface area (TPSA) is 113 Å². The maximum atomic E-state index is 13.3. The molecule has 0 spiro atoms. The van der Waals surface area contributed by atoms with Crippen molar-refractivity contribution >= 4 is 15.7 Å². The van der Waals surface area contributed by atoms with Gasteiger partial charge in [0.1, 0.15) is 0 Å². The highest BCUT2D eigenvalue weighted by atomic mass is 32.2. The lowest BCUT2D eigenvalue weighted by Gasteiger charge is -2.25. The Hall–Kier alpha value is -1.62. The number of aliphatic hydroxyl groups excluding tert-OH is 1. The monoisotopic (exact) mass is 319 g/mol. The van der Waals surface area contributed by atoms with Gasteiger partial charge in [0, 0.05) is 26.2 Å². The molecule has 0 aromatic heterocycles. The van der Waals surface area contributed by atoms with Crippen LogP contribution in [0, 0.1) is 15.9 Å². The summed E-state index contributed by atoms with van der Waals surface area (Å²) in [5, 5.41) is 23.2. The minimum absolute atomic E-state index is 0.258. The Morgan fingerprint density at radius 2 is 2.14 bits per heavy atom. The van der Waals surface area contributed by atoms with E-state index in [1.54, 1.807) is 0 Å². The minimum atomic E-state index is -4.07. The van der Waals surface area contributed by atoms with E-state index >= 15 is 0 Å². The molecule has 1 aliphatic heterocycles. The summed E-state index contributed by atoms with van der Waals surface area (Å²) >= 11 is 0. The summed E-state index contributed by atoms with van der Waals surface area (Å²) in [6.07, 6.45) is -0.875. The molecule has 1 aliphatic rings. The first-order valence-electron chi connectivity index (χ1n) is 6.06. The molecular weight excluding hydrogens is 305 g/mol. The van der Waals surface area contributed by atoms with Crippen molar-refractivity contribution in [2.75, 3.05) is 20.1 Å². The number of halogens is 1. The number of nitro groups is 1. The largest absolute Gasteiger partial charge is 0.390 e. The molecule has 1 aromatic carbocycles. The maximum absolute atomic E-state index is 13.3. The van der Waals surface area contributed by atoms with Crippen molar-refractivity contribution in [3.05, 3.63) is 34.1 Å². The molecule has 10 heteroatoms. The van der Waals surface area contributed by atoms with Crippen LogP contribution >= 0.6 is 0 Å². The number of sulfonamides is 1. The Morgan fingerprint density at radius 1 is 1.48 bits per heavy atom. The third kappa shape index (κ3) is 2.88. The number of nitro benzene ring substituents is 1. The van der Waals surface area contributed by atoms with Gasteiger partial charge in [-0.15, -0.1) is 0 Å². The van der Waals surface area contributed by atoms with E-state index in [1.807, 2.05) is 0 Å². The molecule has 1 fully saturated rings. The van der Waals surface area contributed by atoms with Crippen molar-refractivity contribution < 1.29 is 22.8 Å². The number of hydrogen-bond acceptors (Lipinski definition) is 6. The smallest absolute Gasteiger partial charge is 0.306 e. The molecule has 0 amide bonds. The fourth-order valence-electron chi connectivity index (χ4n) is 2.16. The Kier molecular flexibility index (Phi) is 4.23. The van der Waals surface area contributed by atoms with E-state index in [4.69, 9.17) is 0 Å². The van der Waals surface area contributed by atoms with E-state index in [1.165, 1.54) is 7.05 Å². The van der Waals surface area contributed by atoms with Crippen LogP contribution < -0.4 is 5.32 Å². The fourth-order valence-corrected chi connectivity index (χ4v) is 3.56. The van der Waals surface area contributed by atoms with Crippen LogP contribution in [0.25, 0.3) is 0 Å². The average molecular weight is 319 g/mol. The number of β-amino-alcohol motifs (C(OH)–C–C–N with tert-alkyl or cyclic N) is 1. The molecule has 2 atom stereocenters. The molecule has 2 N–H and O–H groups in total. The van der Waals surface area contributed by atoms with Gasteiger partial charge < -0.3 is 10.4 Å². The van der Waals surface area contributed by atoms with Crippen LogP contribution in [-0.2, 0) is 10.0 Å². The summed E-state index contributed by atoms with van der Waals surface area (Å²) in [6.45, 7) is 0.522. The molecule has 1 saturated heterocycles. The van der Waals surface area contributed by atoms with Gasteiger partial charge in [0.25, 0.3) is 0 Å². The molecule has 0 unspecified atom stereocenters. The van der Waals surface area contributed by atoms with Crippen LogP contribution in [0.4, 0.5) is 10.1 Å². The van der Waals surface area contributed by atoms with Crippen LogP contribution in [0.2, 0.25) is 0 Å². The standard InChI is InChI=1S/C11H14FN3O5S/c1-14(10-5-13-6-11(10)16)21(19,20)7-2-3-8(12)9(4-7)15(17)18/h2-4,10-11,13,16H,5-6H2,1H3/t10-,11-/m0/s1. The van der Waals surface area contributed by atoms with Crippen molar-refractivity contribution in [3.63, 3.8) is 0 Å². The van der Waals surface area contributed by atoms with Crippen LogP contribution in [0.5, 0.6) is 0 Å². The predicted molar refractivity (Wildman–Crippen MR) is 70.7 cm³/mol.